The molecule has 8 heteroatoms. The summed E-state index contributed by atoms with van der Waals surface area (Å²) in [6, 6.07) is 12.1. The average Bonchev–Trinajstić information content (AvgIpc) is 3.43. The zero-order valence-corrected chi connectivity index (χ0v) is 18.4. The molecule has 4 aromatic rings. The summed E-state index contributed by atoms with van der Waals surface area (Å²) in [4.78, 5) is 20.6. The number of halogens is 1. The van der Waals surface area contributed by atoms with Gasteiger partial charge in [-0.25, -0.2) is 14.1 Å². The number of carbonyl (C=O) groups is 1. The molecule has 0 fully saturated rings. The van der Waals surface area contributed by atoms with Crippen molar-refractivity contribution in [1.82, 2.24) is 19.7 Å². The molecule has 3 aromatic heterocycles. The zero-order valence-electron chi connectivity index (χ0n) is 17.6. The van der Waals surface area contributed by atoms with Gasteiger partial charge in [-0.05, 0) is 43.5 Å². The second kappa shape index (κ2) is 8.85. The van der Waals surface area contributed by atoms with Crippen LogP contribution in [0.15, 0.2) is 54.0 Å². The number of rotatable bonds is 7. The van der Waals surface area contributed by atoms with E-state index in [2.05, 4.69) is 5.10 Å². The first kappa shape index (κ1) is 21.0. The van der Waals surface area contributed by atoms with Gasteiger partial charge >= 0.3 is 0 Å². The number of thiophene rings is 1. The first-order chi connectivity index (χ1) is 15.0. The van der Waals surface area contributed by atoms with E-state index in [9.17, 15) is 9.18 Å². The molecular weight excluding hydrogens is 415 g/mol. The maximum atomic E-state index is 13.7. The van der Waals surface area contributed by atoms with Crippen molar-refractivity contribution in [2.75, 3.05) is 20.2 Å². The van der Waals surface area contributed by atoms with Crippen molar-refractivity contribution in [3.63, 3.8) is 0 Å². The summed E-state index contributed by atoms with van der Waals surface area (Å²) in [7, 11) is 1.71. The molecule has 0 saturated carbocycles. The molecule has 0 aliphatic rings. The number of hydrogen-bond donors (Lipinski definition) is 0. The Labute approximate surface area is 183 Å². The number of amides is 1. The molecule has 160 valence electrons. The fourth-order valence-corrected chi connectivity index (χ4v) is 3.97. The van der Waals surface area contributed by atoms with Crippen LogP contribution in [0.1, 0.15) is 30.2 Å². The van der Waals surface area contributed by atoms with Gasteiger partial charge in [0.1, 0.15) is 6.61 Å². The predicted molar refractivity (Wildman–Crippen MR) is 120 cm³/mol. The van der Waals surface area contributed by atoms with Crippen LogP contribution < -0.4 is 4.74 Å². The Kier molecular flexibility index (Phi) is 5.99. The van der Waals surface area contributed by atoms with Crippen molar-refractivity contribution in [2.24, 2.45) is 0 Å². The molecule has 0 bridgehead atoms. The molecule has 0 radical (unpaired) electrons. The Morgan fingerprint density at radius 1 is 1.26 bits per heavy atom. The quantitative estimate of drug-likeness (QED) is 0.406. The molecule has 0 saturated heterocycles. The lowest BCUT2D eigenvalue weighted by molar-refractivity contribution is 0.0775. The van der Waals surface area contributed by atoms with Gasteiger partial charge in [-0.3, -0.25) is 4.79 Å². The Morgan fingerprint density at radius 3 is 2.77 bits per heavy atom. The molecule has 6 nitrogen and oxygen atoms in total. The van der Waals surface area contributed by atoms with Gasteiger partial charge in [0.15, 0.2) is 17.2 Å². The molecule has 0 unspecified atom stereocenters. The fraction of sp³-hybridized carbons (Fsp3) is 0.261. The third-order valence-corrected chi connectivity index (χ3v) is 5.82. The van der Waals surface area contributed by atoms with Gasteiger partial charge in [-0.1, -0.05) is 18.2 Å². The molecule has 4 rings (SSSR count). The van der Waals surface area contributed by atoms with Gasteiger partial charge in [0.25, 0.3) is 5.91 Å². The highest BCUT2D eigenvalue weighted by molar-refractivity contribution is 7.13. The molecule has 31 heavy (non-hydrogen) atoms. The Morgan fingerprint density at radius 2 is 2.06 bits per heavy atom. The lowest BCUT2D eigenvalue weighted by Crippen LogP contribution is -2.31. The fourth-order valence-electron chi connectivity index (χ4n) is 3.28. The Hall–Kier alpha value is -3.26. The number of aromatic nitrogens is 3. The Balaban J connectivity index is 1.61. The van der Waals surface area contributed by atoms with Crippen molar-refractivity contribution in [1.29, 1.82) is 0 Å². The molecule has 3 heterocycles. The van der Waals surface area contributed by atoms with Crippen LogP contribution in [-0.4, -0.2) is 45.8 Å². The van der Waals surface area contributed by atoms with E-state index < -0.39 is 5.82 Å². The summed E-state index contributed by atoms with van der Waals surface area (Å²) in [5, 5.41) is 7.14. The maximum Gasteiger partial charge on any atom is 0.254 e. The Bertz CT molecular complexity index is 1200. The number of benzene rings is 1. The molecule has 0 atom stereocenters. The summed E-state index contributed by atoms with van der Waals surface area (Å²) < 4.78 is 21.1. The van der Waals surface area contributed by atoms with Gasteiger partial charge in [0, 0.05) is 13.1 Å². The van der Waals surface area contributed by atoms with E-state index >= 15 is 0 Å². The summed E-state index contributed by atoms with van der Waals surface area (Å²) in [6.07, 6.45) is 1.69. The van der Waals surface area contributed by atoms with E-state index in [1.165, 1.54) is 6.07 Å². The SMILES string of the molecule is CC(C)n1ncc2c(C(=O)N(C)CCOc3ccccc3F)cc(-c3cccs3)nc21. The molecule has 0 spiro atoms. The van der Waals surface area contributed by atoms with E-state index in [0.29, 0.717) is 23.1 Å². The number of fused-ring (bicyclic) bond motifs is 1. The van der Waals surface area contributed by atoms with Crippen molar-refractivity contribution < 1.29 is 13.9 Å². The zero-order chi connectivity index (χ0) is 22.0. The van der Waals surface area contributed by atoms with Crippen LogP contribution in [0.5, 0.6) is 5.75 Å². The minimum absolute atomic E-state index is 0.110. The van der Waals surface area contributed by atoms with Gasteiger partial charge < -0.3 is 9.64 Å². The monoisotopic (exact) mass is 438 g/mol. The predicted octanol–water partition coefficient (Wildman–Crippen LogP) is 5.03. The van der Waals surface area contributed by atoms with Crippen molar-refractivity contribution >= 4 is 28.3 Å². The van der Waals surface area contributed by atoms with Gasteiger partial charge in [0.2, 0.25) is 0 Å². The lowest BCUT2D eigenvalue weighted by atomic mass is 10.1. The third-order valence-electron chi connectivity index (χ3n) is 4.93. The molecule has 1 amide bonds. The van der Waals surface area contributed by atoms with Crippen molar-refractivity contribution in [2.45, 2.75) is 19.9 Å². The van der Waals surface area contributed by atoms with E-state index in [4.69, 9.17) is 9.72 Å². The summed E-state index contributed by atoms with van der Waals surface area (Å²) in [5.41, 5.74) is 1.96. The number of pyridine rings is 1. The van der Waals surface area contributed by atoms with Crippen molar-refractivity contribution in [3.8, 4) is 16.3 Å². The smallest absolute Gasteiger partial charge is 0.254 e. The van der Waals surface area contributed by atoms with Crippen LogP contribution in [0.3, 0.4) is 0 Å². The van der Waals surface area contributed by atoms with Gasteiger partial charge in [-0.15, -0.1) is 11.3 Å². The summed E-state index contributed by atoms with van der Waals surface area (Å²) >= 11 is 1.57. The van der Waals surface area contributed by atoms with Crippen LogP contribution in [0, 0.1) is 5.82 Å². The topological polar surface area (TPSA) is 60.2 Å². The standard InChI is InChI=1S/C23H23FN4O2S/c1-15(2)28-22-17(14-25-28)16(13-19(26-22)21-9-6-12-31-21)23(29)27(3)10-11-30-20-8-5-4-7-18(20)24/h4-9,12-15H,10-11H2,1-3H3. The van der Waals surface area contributed by atoms with Crippen molar-refractivity contribution in [3.05, 3.63) is 65.4 Å². The highest BCUT2D eigenvalue weighted by Crippen LogP contribution is 2.29. The number of hydrogen-bond acceptors (Lipinski definition) is 5. The first-order valence-electron chi connectivity index (χ1n) is 10.0. The molecule has 0 N–H and O–H groups in total. The van der Waals surface area contributed by atoms with E-state index in [-0.39, 0.29) is 24.3 Å². The molecule has 1 aromatic carbocycles. The van der Waals surface area contributed by atoms with E-state index in [1.807, 2.05) is 42.1 Å². The number of para-hydroxylation sites is 1. The highest BCUT2D eigenvalue weighted by Gasteiger charge is 2.21. The largest absolute Gasteiger partial charge is 0.489 e. The highest BCUT2D eigenvalue weighted by atomic mass is 32.1. The summed E-state index contributed by atoms with van der Waals surface area (Å²) in [6.45, 7) is 4.54. The number of likely N-dealkylation sites (N-methyl/N-ethyl adjacent to an activating group) is 1. The minimum atomic E-state index is -0.422. The van der Waals surface area contributed by atoms with Crippen LogP contribution >= 0.6 is 11.3 Å². The van der Waals surface area contributed by atoms with E-state index in [0.717, 1.165) is 10.6 Å². The second-order valence-corrected chi connectivity index (χ2v) is 8.41. The third kappa shape index (κ3) is 4.29. The van der Waals surface area contributed by atoms with Gasteiger partial charge in [0.05, 0.1) is 34.3 Å². The average molecular weight is 439 g/mol. The maximum absolute atomic E-state index is 13.7. The van der Waals surface area contributed by atoms with E-state index in [1.54, 1.807) is 47.7 Å². The first-order valence-corrected chi connectivity index (χ1v) is 10.9. The molecule has 0 aliphatic heterocycles. The lowest BCUT2D eigenvalue weighted by Gasteiger charge is -2.18. The van der Waals surface area contributed by atoms with Gasteiger partial charge in [-0.2, -0.15) is 5.10 Å². The number of ether oxygens (including phenoxy) is 1. The molecular formula is C23H23FN4O2S. The van der Waals surface area contributed by atoms with Crippen LogP contribution in [0.2, 0.25) is 0 Å². The normalized spacial score (nSPS) is 11.3. The number of carbonyl (C=O) groups excluding carboxylic acids is 1. The van der Waals surface area contributed by atoms with Crippen LogP contribution in [0.25, 0.3) is 21.6 Å². The van der Waals surface area contributed by atoms with Crippen LogP contribution in [0.4, 0.5) is 4.39 Å². The number of nitrogens with zero attached hydrogens (tertiary/aromatic N) is 4. The molecule has 0 aliphatic carbocycles. The summed E-state index contributed by atoms with van der Waals surface area (Å²) in [5.74, 6) is -0.410. The minimum Gasteiger partial charge on any atom is -0.489 e. The van der Waals surface area contributed by atoms with Crippen LogP contribution in [-0.2, 0) is 0 Å². The second-order valence-electron chi connectivity index (χ2n) is 7.46.